The Balaban J connectivity index is 2.34. The third-order valence-electron chi connectivity index (χ3n) is 4.07. The number of amides is 3. The first-order valence-electron chi connectivity index (χ1n) is 6.57. The lowest BCUT2D eigenvalue weighted by molar-refractivity contribution is -0.126. The van der Waals surface area contributed by atoms with Gasteiger partial charge >= 0.3 is 6.03 Å². The van der Waals surface area contributed by atoms with E-state index in [1.54, 1.807) is 4.90 Å². The fraction of sp³-hybridized carbons (Fsp3) is 0.467. The molecule has 2 rings (SSSR count). The smallest absolute Gasteiger partial charge is 0.306 e. The van der Waals surface area contributed by atoms with Crippen molar-refractivity contribution in [2.75, 3.05) is 0 Å². The van der Waals surface area contributed by atoms with Crippen LogP contribution in [0.15, 0.2) is 18.2 Å². The largest absolute Gasteiger partial charge is 0.325 e. The lowest BCUT2D eigenvalue weighted by Gasteiger charge is -2.31. The zero-order valence-electron chi connectivity index (χ0n) is 11.9. The maximum absolute atomic E-state index is 12.0. The van der Waals surface area contributed by atoms with E-state index in [0.717, 1.165) is 16.7 Å². The molecule has 4 heteroatoms. The number of aryl methyl sites for hydroxylation is 2. The van der Waals surface area contributed by atoms with Crippen molar-refractivity contribution in [3.63, 3.8) is 0 Å². The fourth-order valence-electron chi connectivity index (χ4n) is 2.38. The van der Waals surface area contributed by atoms with Gasteiger partial charge in [0.2, 0.25) is 0 Å². The number of nitrogens with zero attached hydrogens (tertiary/aromatic N) is 1. The summed E-state index contributed by atoms with van der Waals surface area (Å²) < 4.78 is 0. The van der Waals surface area contributed by atoms with Crippen LogP contribution in [0.3, 0.4) is 0 Å². The molecule has 19 heavy (non-hydrogen) atoms. The van der Waals surface area contributed by atoms with E-state index in [1.165, 1.54) is 0 Å². The highest BCUT2D eigenvalue weighted by molar-refractivity contribution is 6.06. The van der Waals surface area contributed by atoms with Crippen LogP contribution < -0.4 is 5.32 Å². The summed E-state index contributed by atoms with van der Waals surface area (Å²) in [4.78, 5) is 25.5. The third kappa shape index (κ3) is 2.23. The average Bonchev–Trinajstić information content (AvgIpc) is 2.58. The van der Waals surface area contributed by atoms with Crippen LogP contribution in [-0.4, -0.2) is 22.4 Å². The van der Waals surface area contributed by atoms with E-state index in [1.807, 2.05) is 39.8 Å². The van der Waals surface area contributed by atoms with Crippen molar-refractivity contribution in [3.8, 4) is 0 Å². The Kier molecular flexibility index (Phi) is 3.35. The van der Waals surface area contributed by atoms with Gasteiger partial charge in [-0.05, 0) is 38.3 Å². The van der Waals surface area contributed by atoms with Crippen LogP contribution in [-0.2, 0) is 11.3 Å². The number of nitrogens with one attached hydrogen (secondary N) is 1. The summed E-state index contributed by atoms with van der Waals surface area (Å²) in [7, 11) is 0. The van der Waals surface area contributed by atoms with Gasteiger partial charge in [0, 0.05) is 6.54 Å². The Hall–Kier alpha value is -1.84. The highest BCUT2D eigenvalue weighted by Crippen LogP contribution is 2.28. The first-order valence-corrected chi connectivity index (χ1v) is 6.57. The van der Waals surface area contributed by atoms with Gasteiger partial charge in [0.15, 0.2) is 0 Å². The molecule has 102 valence electrons. The molecule has 4 nitrogen and oxygen atoms in total. The van der Waals surface area contributed by atoms with Crippen LogP contribution >= 0.6 is 0 Å². The van der Waals surface area contributed by atoms with Gasteiger partial charge < -0.3 is 4.90 Å². The van der Waals surface area contributed by atoms with Crippen molar-refractivity contribution < 1.29 is 9.59 Å². The monoisotopic (exact) mass is 260 g/mol. The normalized spacial score (nSPS) is 22.8. The van der Waals surface area contributed by atoms with Gasteiger partial charge in [-0.1, -0.05) is 30.7 Å². The second-order valence-corrected chi connectivity index (χ2v) is 5.40. The lowest BCUT2D eigenvalue weighted by Crippen LogP contribution is -2.46. The number of carbonyl (C=O) groups is 2. The number of benzene rings is 1. The Labute approximate surface area is 113 Å². The number of rotatable bonds is 3. The highest BCUT2D eigenvalue weighted by Gasteiger charge is 2.47. The van der Waals surface area contributed by atoms with E-state index < -0.39 is 5.54 Å². The summed E-state index contributed by atoms with van der Waals surface area (Å²) in [6.45, 7) is 8.26. The summed E-state index contributed by atoms with van der Waals surface area (Å²) in [6.07, 6.45) is 0.607. The highest BCUT2D eigenvalue weighted by atomic mass is 16.2. The van der Waals surface area contributed by atoms with Gasteiger partial charge in [-0.15, -0.1) is 0 Å². The average molecular weight is 260 g/mol. The quantitative estimate of drug-likeness (QED) is 0.849. The molecule has 1 fully saturated rings. The number of hydrogen-bond donors (Lipinski definition) is 1. The summed E-state index contributed by atoms with van der Waals surface area (Å²) in [5, 5.41) is 2.41. The molecule has 1 saturated heterocycles. The number of urea groups is 1. The maximum Gasteiger partial charge on any atom is 0.325 e. The molecule has 1 unspecified atom stereocenters. The SMILES string of the molecule is CCC1(C)C(=O)NC(=O)N1Cc1cc(C)ccc1C. The molecule has 0 radical (unpaired) electrons. The van der Waals surface area contributed by atoms with Gasteiger partial charge in [-0.3, -0.25) is 10.1 Å². The van der Waals surface area contributed by atoms with Gasteiger partial charge in [-0.25, -0.2) is 4.79 Å². The molecule has 3 amide bonds. The van der Waals surface area contributed by atoms with Crippen molar-refractivity contribution in [1.82, 2.24) is 10.2 Å². The van der Waals surface area contributed by atoms with Crippen molar-refractivity contribution in [2.45, 2.75) is 46.2 Å². The van der Waals surface area contributed by atoms with E-state index in [2.05, 4.69) is 11.4 Å². The molecule has 1 aromatic rings. The van der Waals surface area contributed by atoms with E-state index in [-0.39, 0.29) is 11.9 Å². The Bertz CT molecular complexity index is 539. The van der Waals surface area contributed by atoms with Gasteiger partial charge in [0.05, 0.1) is 0 Å². The van der Waals surface area contributed by atoms with Crippen molar-refractivity contribution in [1.29, 1.82) is 0 Å². The van der Waals surface area contributed by atoms with Crippen molar-refractivity contribution in [2.24, 2.45) is 0 Å². The van der Waals surface area contributed by atoms with Crippen molar-refractivity contribution in [3.05, 3.63) is 34.9 Å². The van der Waals surface area contributed by atoms with Gasteiger partial charge in [-0.2, -0.15) is 0 Å². The fourth-order valence-corrected chi connectivity index (χ4v) is 2.38. The molecular formula is C15H20N2O2. The zero-order chi connectivity index (χ0) is 14.2. The number of hydrogen-bond acceptors (Lipinski definition) is 2. The molecule has 1 aliphatic heterocycles. The van der Waals surface area contributed by atoms with E-state index in [0.29, 0.717) is 13.0 Å². The third-order valence-corrected chi connectivity index (χ3v) is 4.07. The van der Waals surface area contributed by atoms with Crippen LogP contribution in [0, 0.1) is 13.8 Å². The molecule has 1 aliphatic rings. The molecule has 1 N–H and O–H groups in total. The molecule has 0 bridgehead atoms. The lowest BCUT2D eigenvalue weighted by atomic mass is 9.96. The molecule has 0 aliphatic carbocycles. The first-order chi connectivity index (χ1) is 8.88. The van der Waals surface area contributed by atoms with Crippen LogP contribution in [0.4, 0.5) is 4.79 Å². The minimum absolute atomic E-state index is 0.203. The van der Waals surface area contributed by atoms with Gasteiger partial charge in [0.25, 0.3) is 5.91 Å². The predicted molar refractivity (Wildman–Crippen MR) is 73.7 cm³/mol. The molecule has 0 spiro atoms. The summed E-state index contributed by atoms with van der Waals surface area (Å²) in [6, 6.07) is 5.87. The van der Waals surface area contributed by atoms with Crippen LogP contribution in [0.2, 0.25) is 0 Å². The minimum Gasteiger partial charge on any atom is -0.306 e. The van der Waals surface area contributed by atoms with Gasteiger partial charge in [0.1, 0.15) is 5.54 Å². The second kappa shape index (κ2) is 4.68. The number of carbonyl (C=O) groups excluding carboxylic acids is 2. The minimum atomic E-state index is -0.743. The molecule has 1 atom stereocenters. The standard InChI is InChI=1S/C15H20N2O2/c1-5-15(4)13(18)16-14(19)17(15)9-12-8-10(2)6-7-11(12)3/h6-8H,5,9H2,1-4H3,(H,16,18,19). The Morgan fingerprint density at radius 1 is 1.26 bits per heavy atom. The van der Waals surface area contributed by atoms with E-state index in [4.69, 9.17) is 0 Å². The Morgan fingerprint density at radius 2 is 1.95 bits per heavy atom. The van der Waals surface area contributed by atoms with E-state index in [9.17, 15) is 9.59 Å². The first kappa shape index (κ1) is 13.6. The van der Waals surface area contributed by atoms with Crippen molar-refractivity contribution >= 4 is 11.9 Å². The van der Waals surface area contributed by atoms with Crippen LogP contribution in [0.25, 0.3) is 0 Å². The summed E-state index contributed by atoms with van der Waals surface area (Å²) in [5.41, 5.74) is 2.64. The molecular weight excluding hydrogens is 240 g/mol. The molecule has 0 aromatic heterocycles. The molecule has 1 aromatic carbocycles. The predicted octanol–water partition coefficient (Wildman–Crippen LogP) is 2.52. The topological polar surface area (TPSA) is 49.4 Å². The summed E-state index contributed by atoms with van der Waals surface area (Å²) in [5.74, 6) is -0.203. The molecule has 0 saturated carbocycles. The van der Waals surface area contributed by atoms with Crippen LogP contribution in [0.5, 0.6) is 0 Å². The summed E-state index contributed by atoms with van der Waals surface area (Å²) >= 11 is 0. The number of imide groups is 1. The maximum atomic E-state index is 12.0. The van der Waals surface area contributed by atoms with Crippen LogP contribution in [0.1, 0.15) is 37.0 Å². The Morgan fingerprint density at radius 3 is 2.58 bits per heavy atom. The second-order valence-electron chi connectivity index (χ2n) is 5.40. The molecule has 1 heterocycles. The van der Waals surface area contributed by atoms with E-state index >= 15 is 0 Å². The zero-order valence-corrected chi connectivity index (χ0v) is 11.9.